The van der Waals surface area contributed by atoms with Gasteiger partial charge in [0.15, 0.2) is 5.82 Å². The lowest BCUT2D eigenvalue weighted by atomic mass is 10.2. The number of benzene rings is 2. The Morgan fingerprint density at radius 1 is 1.17 bits per heavy atom. The van der Waals surface area contributed by atoms with Gasteiger partial charge in [-0.2, -0.15) is 4.98 Å². The van der Waals surface area contributed by atoms with Crippen LogP contribution in [0.25, 0.3) is 10.9 Å². The number of nitrogens with zero attached hydrogens (tertiary/aromatic N) is 2. The number of aromatic nitrogens is 2. The summed E-state index contributed by atoms with van der Waals surface area (Å²) in [5.74, 6) is 0.290. The van der Waals surface area contributed by atoms with Gasteiger partial charge in [-0.15, -0.1) is 0 Å². The van der Waals surface area contributed by atoms with Crippen LogP contribution in [0.2, 0.25) is 10.3 Å². The molecule has 0 aliphatic carbocycles. The molecule has 4 nitrogen and oxygen atoms in total. The minimum atomic E-state index is -0.615. The number of methoxy groups -OCH3 is 1. The van der Waals surface area contributed by atoms with Crippen molar-refractivity contribution >= 4 is 50.0 Å². The van der Waals surface area contributed by atoms with Crippen LogP contribution in [-0.2, 0) is 6.61 Å². The van der Waals surface area contributed by atoms with Crippen molar-refractivity contribution in [2.24, 2.45) is 0 Å². The third-order valence-corrected chi connectivity index (χ3v) is 4.77. The highest BCUT2D eigenvalue weighted by molar-refractivity contribution is 9.10. The van der Waals surface area contributed by atoms with Crippen LogP contribution in [0.3, 0.4) is 0 Å². The van der Waals surface area contributed by atoms with E-state index in [0.29, 0.717) is 5.39 Å². The summed E-state index contributed by atoms with van der Waals surface area (Å²) in [7, 11) is 1.59. The topological polar surface area (TPSA) is 44.2 Å². The molecule has 0 spiro atoms. The Bertz CT molecular complexity index is 907. The molecule has 0 N–H and O–H groups in total. The van der Waals surface area contributed by atoms with Gasteiger partial charge in [0, 0.05) is 0 Å². The van der Waals surface area contributed by atoms with E-state index in [1.54, 1.807) is 7.11 Å². The Morgan fingerprint density at radius 2 is 1.88 bits per heavy atom. The largest absolute Gasteiger partial charge is 0.497 e. The molecule has 0 amide bonds. The van der Waals surface area contributed by atoms with E-state index in [0.717, 1.165) is 11.3 Å². The van der Waals surface area contributed by atoms with Gasteiger partial charge in [-0.25, -0.2) is 9.37 Å². The summed E-state index contributed by atoms with van der Waals surface area (Å²) >= 11 is 15.0. The zero-order chi connectivity index (χ0) is 17.3. The van der Waals surface area contributed by atoms with Crippen LogP contribution < -0.4 is 9.47 Å². The predicted molar refractivity (Wildman–Crippen MR) is 94.5 cm³/mol. The van der Waals surface area contributed by atoms with Crippen LogP contribution >= 0.6 is 39.1 Å². The summed E-state index contributed by atoms with van der Waals surface area (Å²) in [6.45, 7) is 0.224. The monoisotopic (exact) mass is 430 g/mol. The summed E-state index contributed by atoms with van der Waals surface area (Å²) in [6.07, 6.45) is 0. The Morgan fingerprint density at radius 3 is 2.54 bits per heavy atom. The summed E-state index contributed by atoms with van der Waals surface area (Å²) in [4.78, 5) is 7.94. The third kappa shape index (κ3) is 3.41. The molecule has 0 saturated heterocycles. The zero-order valence-corrected chi connectivity index (χ0v) is 15.4. The molecule has 8 heteroatoms. The Hall–Kier alpha value is -1.63. The number of halogens is 4. The van der Waals surface area contributed by atoms with Gasteiger partial charge >= 0.3 is 0 Å². The van der Waals surface area contributed by atoms with Gasteiger partial charge < -0.3 is 9.47 Å². The maximum atomic E-state index is 14.3. The molecule has 24 heavy (non-hydrogen) atoms. The Balaban J connectivity index is 1.96. The van der Waals surface area contributed by atoms with Gasteiger partial charge in [0.2, 0.25) is 11.2 Å². The standard InChI is InChI=1S/C16H10BrCl2FN2O2/c1-23-9-4-2-8(3-5-9)7-24-15-10-6-11(18)12(17)13(20)14(10)21-16(19)22-15/h2-6H,7H2,1H3. The number of hydrogen-bond acceptors (Lipinski definition) is 4. The first-order valence-corrected chi connectivity index (χ1v) is 8.31. The first-order chi connectivity index (χ1) is 11.5. The second kappa shape index (κ2) is 7.09. The second-order valence-electron chi connectivity index (χ2n) is 4.82. The van der Waals surface area contributed by atoms with Crippen molar-refractivity contribution in [1.82, 2.24) is 9.97 Å². The molecule has 1 heterocycles. The number of ether oxygens (including phenoxy) is 2. The molecular formula is C16H10BrCl2FN2O2. The summed E-state index contributed by atoms with van der Waals surface area (Å²) < 4.78 is 25.2. The number of hydrogen-bond donors (Lipinski definition) is 0. The second-order valence-corrected chi connectivity index (χ2v) is 6.36. The minimum Gasteiger partial charge on any atom is -0.497 e. The van der Waals surface area contributed by atoms with Gasteiger partial charge in [0.05, 0.1) is 22.0 Å². The first-order valence-electron chi connectivity index (χ1n) is 6.76. The third-order valence-electron chi connectivity index (χ3n) is 3.30. The highest BCUT2D eigenvalue weighted by Crippen LogP contribution is 2.35. The van der Waals surface area contributed by atoms with Gasteiger partial charge in [0.1, 0.15) is 17.9 Å². The van der Waals surface area contributed by atoms with Crippen molar-refractivity contribution in [3.8, 4) is 11.6 Å². The molecule has 0 fully saturated rings. The van der Waals surface area contributed by atoms with Gasteiger partial charge in [0.25, 0.3) is 0 Å². The molecule has 0 saturated carbocycles. The van der Waals surface area contributed by atoms with Crippen LogP contribution in [0.4, 0.5) is 4.39 Å². The normalized spacial score (nSPS) is 10.9. The lowest BCUT2D eigenvalue weighted by Crippen LogP contribution is -2.01. The minimum absolute atomic E-state index is 0.0380. The van der Waals surface area contributed by atoms with Crippen molar-refractivity contribution in [3.05, 3.63) is 56.5 Å². The van der Waals surface area contributed by atoms with Crippen LogP contribution in [-0.4, -0.2) is 17.1 Å². The maximum absolute atomic E-state index is 14.3. The van der Waals surface area contributed by atoms with Crippen molar-refractivity contribution in [2.45, 2.75) is 6.61 Å². The molecule has 0 unspecified atom stereocenters. The summed E-state index contributed by atoms with van der Waals surface area (Å²) in [6, 6.07) is 8.88. The average Bonchev–Trinajstić information content (AvgIpc) is 2.59. The highest BCUT2D eigenvalue weighted by atomic mass is 79.9. The lowest BCUT2D eigenvalue weighted by Gasteiger charge is -2.11. The fraction of sp³-hybridized carbons (Fsp3) is 0.125. The van der Waals surface area contributed by atoms with E-state index in [2.05, 4.69) is 25.9 Å². The van der Waals surface area contributed by atoms with E-state index in [1.807, 2.05) is 24.3 Å². The molecule has 0 aliphatic rings. The smallest absolute Gasteiger partial charge is 0.226 e. The fourth-order valence-electron chi connectivity index (χ4n) is 2.10. The molecule has 1 aromatic heterocycles. The van der Waals surface area contributed by atoms with E-state index < -0.39 is 5.82 Å². The van der Waals surface area contributed by atoms with Gasteiger partial charge in [-0.3, -0.25) is 0 Å². The Labute approximate surface area is 155 Å². The molecule has 0 aliphatic heterocycles. The molecular weight excluding hydrogens is 422 g/mol. The maximum Gasteiger partial charge on any atom is 0.226 e. The van der Waals surface area contributed by atoms with Crippen LogP contribution in [0.1, 0.15) is 5.56 Å². The zero-order valence-electron chi connectivity index (χ0n) is 12.3. The fourth-order valence-corrected chi connectivity index (χ4v) is 2.76. The number of rotatable bonds is 4. The van der Waals surface area contributed by atoms with Crippen LogP contribution in [0.15, 0.2) is 34.8 Å². The van der Waals surface area contributed by atoms with Crippen molar-refractivity contribution in [2.75, 3.05) is 7.11 Å². The summed E-state index contributed by atoms with van der Waals surface area (Å²) in [5, 5.41) is 0.430. The molecule has 0 radical (unpaired) electrons. The van der Waals surface area contributed by atoms with E-state index in [-0.39, 0.29) is 32.8 Å². The van der Waals surface area contributed by atoms with Crippen molar-refractivity contribution in [1.29, 1.82) is 0 Å². The molecule has 2 aromatic carbocycles. The molecule has 124 valence electrons. The van der Waals surface area contributed by atoms with Gasteiger partial charge in [-0.1, -0.05) is 23.7 Å². The first kappa shape index (κ1) is 17.2. The summed E-state index contributed by atoms with van der Waals surface area (Å²) in [5.41, 5.74) is 0.929. The van der Waals surface area contributed by atoms with Crippen LogP contribution in [0, 0.1) is 5.82 Å². The van der Waals surface area contributed by atoms with Gasteiger partial charge in [-0.05, 0) is 51.3 Å². The Kier molecular flexibility index (Phi) is 5.08. The molecule has 0 atom stereocenters. The highest BCUT2D eigenvalue weighted by Gasteiger charge is 2.17. The SMILES string of the molecule is COc1ccc(COc2nc(Cl)nc3c(F)c(Br)c(Cl)cc23)cc1. The van der Waals surface area contributed by atoms with Crippen molar-refractivity contribution in [3.63, 3.8) is 0 Å². The van der Waals surface area contributed by atoms with Crippen LogP contribution in [0.5, 0.6) is 11.6 Å². The molecule has 0 bridgehead atoms. The van der Waals surface area contributed by atoms with E-state index in [9.17, 15) is 4.39 Å². The quantitative estimate of drug-likeness (QED) is 0.408. The van der Waals surface area contributed by atoms with E-state index in [1.165, 1.54) is 6.07 Å². The van der Waals surface area contributed by atoms with Crippen molar-refractivity contribution < 1.29 is 13.9 Å². The van der Waals surface area contributed by atoms with E-state index in [4.69, 9.17) is 32.7 Å². The number of fused-ring (bicyclic) bond motifs is 1. The van der Waals surface area contributed by atoms with E-state index >= 15 is 0 Å². The molecule has 3 rings (SSSR count). The molecule has 3 aromatic rings. The average molecular weight is 432 g/mol. The predicted octanol–water partition coefficient (Wildman–Crippen LogP) is 5.43. The lowest BCUT2D eigenvalue weighted by molar-refractivity contribution is 0.297.